The quantitative estimate of drug-likeness (QED) is 0.283. The van der Waals surface area contributed by atoms with Gasteiger partial charge in [0.15, 0.2) is 4.80 Å². The number of hydrogen-bond donors (Lipinski definition) is 0. The van der Waals surface area contributed by atoms with Crippen LogP contribution in [0, 0.1) is 0 Å². The first-order chi connectivity index (χ1) is 18.6. The topological polar surface area (TPSA) is 52.8 Å². The van der Waals surface area contributed by atoms with Gasteiger partial charge in [0.25, 0.3) is 5.56 Å². The van der Waals surface area contributed by atoms with Crippen molar-refractivity contribution in [1.29, 1.82) is 0 Å². The molecule has 2 heterocycles. The molecule has 4 aromatic rings. The van der Waals surface area contributed by atoms with Crippen LogP contribution in [0.15, 0.2) is 86.6 Å². The number of fused-ring (bicyclic) bond motifs is 3. The van der Waals surface area contributed by atoms with Crippen molar-refractivity contribution in [3.05, 3.63) is 119 Å². The van der Waals surface area contributed by atoms with E-state index >= 15 is 0 Å². The molecule has 0 radical (unpaired) electrons. The first-order valence-corrected chi connectivity index (χ1v) is 14.5. The molecule has 0 saturated carbocycles. The molecule has 5 nitrogen and oxygen atoms in total. The van der Waals surface area contributed by atoms with E-state index in [9.17, 15) is 4.79 Å². The largest absolute Gasteiger partial charge is 0.494 e. The smallest absolute Gasteiger partial charge is 0.271 e. The minimum Gasteiger partial charge on any atom is -0.494 e. The van der Waals surface area contributed by atoms with Gasteiger partial charge < -0.3 is 9.47 Å². The highest BCUT2D eigenvalue weighted by molar-refractivity contribution is 9.10. The predicted octanol–water partition coefficient (Wildman–Crippen LogP) is 5.88. The highest BCUT2D eigenvalue weighted by Gasteiger charge is 2.32. The summed E-state index contributed by atoms with van der Waals surface area (Å²) in [5.74, 6) is 1.61. The zero-order valence-electron chi connectivity index (χ0n) is 21.2. The number of hydrogen-bond acceptors (Lipinski definition) is 5. The normalized spacial score (nSPS) is 16.4. The van der Waals surface area contributed by atoms with Crippen molar-refractivity contribution < 1.29 is 9.47 Å². The molecule has 3 aromatic carbocycles. The average molecular weight is 588 g/mol. The number of halogens is 1. The van der Waals surface area contributed by atoms with Crippen molar-refractivity contribution >= 4 is 39.0 Å². The number of nitrogens with zero attached hydrogens (tertiary/aromatic N) is 2. The maximum atomic E-state index is 13.9. The molecule has 2 aliphatic rings. The lowest BCUT2D eigenvalue weighted by molar-refractivity contribution is 0.338. The Morgan fingerprint density at radius 1 is 1.03 bits per heavy atom. The van der Waals surface area contributed by atoms with E-state index in [1.807, 2.05) is 54.8 Å². The second-order valence-electron chi connectivity index (χ2n) is 9.24. The molecule has 192 valence electrons. The van der Waals surface area contributed by atoms with Gasteiger partial charge >= 0.3 is 0 Å². The molecule has 38 heavy (non-hydrogen) atoms. The van der Waals surface area contributed by atoms with Gasteiger partial charge in [-0.15, -0.1) is 0 Å². The zero-order valence-corrected chi connectivity index (χ0v) is 23.6. The molecule has 0 bridgehead atoms. The molecule has 1 unspecified atom stereocenters. The molecule has 0 amide bonds. The number of allylic oxidation sites excluding steroid dienone is 1. The third-order valence-corrected chi connectivity index (χ3v) is 8.54. The number of rotatable bonds is 6. The molecule has 1 aliphatic carbocycles. The highest BCUT2D eigenvalue weighted by atomic mass is 79.9. The summed E-state index contributed by atoms with van der Waals surface area (Å²) >= 11 is 5.03. The molecular formula is C31H27BrN2O3S. The lowest BCUT2D eigenvalue weighted by atomic mass is 9.83. The Morgan fingerprint density at radius 2 is 1.82 bits per heavy atom. The van der Waals surface area contributed by atoms with Crippen molar-refractivity contribution in [1.82, 2.24) is 4.57 Å². The molecule has 1 aromatic heterocycles. The molecule has 0 N–H and O–H groups in total. The number of aromatic nitrogens is 1. The predicted molar refractivity (Wildman–Crippen MR) is 156 cm³/mol. The second kappa shape index (κ2) is 10.4. The van der Waals surface area contributed by atoms with Crippen LogP contribution in [0.5, 0.6) is 11.5 Å². The summed E-state index contributed by atoms with van der Waals surface area (Å²) in [7, 11) is 0. The summed E-state index contributed by atoms with van der Waals surface area (Å²) in [6, 6.07) is 22.3. The molecule has 1 aliphatic heterocycles. The van der Waals surface area contributed by atoms with E-state index in [2.05, 4.69) is 52.3 Å². The molecule has 6 rings (SSSR count). The fraction of sp³-hybridized carbons (Fsp3) is 0.226. The molecule has 7 heteroatoms. The Morgan fingerprint density at radius 3 is 2.58 bits per heavy atom. The van der Waals surface area contributed by atoms with Crippen molar-refractivity contribution in [3.63, 3.8) is 0 Å². The number of aryl methyl sites for hydroxylation is 1. The summed E-state index contributed by atoms with van der Waals surface area (Å²) < 4.78 is 14.7. The van der Waals surface area contributed by atoms with Gasteiger partial charge in [0.2, 0.25) is 0 Å². The van der Waals surface area contributed by atoms with Crippen LogP contribution in [-0.4, -0.2) is 17.8 Å². The Kier molecular flexibility index (Phi) is 6.80. The van der Waals surface area contributed by atoms with Crippen LogP contribution < -0.4 is 24.4 Å². The van der Waals surface area contributed by atoms with E-state index in [1.165, 1.54) is 22.5 Å². The summed E-state index contributed by atoms with van der Waals surface area (Å²) in [6.45, 7) is 5.14. The average Bonchev–Trinajstić information content (AvgIpc) is 3.24. The van der Waals surface area contributed by atoms with Crippen molar-refractivity contribution in [2.45, 2.75) is 32.7 Å². The summed E-state index contributed by atoms with van der Waals surface area (Å²) in [4.78, 5) is 19.8. The fourth-order valence-corrected chi connectivity index (χ4v) is 6.78. The Balaban J connectivity index is 1.53. The van der Waals surface area contributed by atoms with E-state index in [1.54, 1.807) is 0 Å². The third-order valence-electron chi connectivity index (χ3n) is 6.93. The number of thiazole rings is 1. The van der Waals surface area contributed by atoms with Gasteiger partial charge in [0, 0.05) is 5.56 Å². The molecule has 1 atom stereocenters. The van der Waals surface area contributed by atoms with Crippen LogP contribution in [0.4, 0.5) is 0 Å². The summed E-state index contributed by atoms with van der Waals surface area (Å²) in [5, 5.41) is 0. The second-order valence-corrected chi connectivity index (χ2v) is 11.1. The SMILES string of the molecule is CCOc1ccc(C2C3=C(N=c4sc(=Cc5ccc(OCC)c(Br)c5)c(=O)n42)c2ccccc2CC3)cc1. The van der Waals surface area contributed by atoms with Crippen molar-refractivity contribution in [2.24, 2.45) is 4.99 Å². The monoisotopic (exact) mass is 586 g/mol. The van der Waals surface area contributed by atoms with Gasteiger partial charge in [-0.3, -0.25) is 9.36 Å². The number of ether oxygens (including phenoxy) is 2. The van der Waals surface area contributed by atoms with Crippen LogP contribution in [0.3, 0.4) is 0 Å². The van der Waals surface area contributed by atoms with E-state index in [0.29, 0.717) is 17.7 Å². The van der Waals surface area contributed by atoms with Gasteiger partial charge in [-0.25, -0.2) is 4.99 Å². The minimum absolute atomic E-state index is 0.0250. The highest BCUT2D eigenvalue weighted by Crippen LogP contribution is 2.41. The van der Waals surface area contributed by atoms with Crippen LogP contribution in [-0.2, 0) is 6.42 Å². The first kappa shape index (κ1) is 24.9. The van der Waals surface area contributed by atoms with Gasteiger partial charge in [-0.05, 0) is 95.2 Å². The molecular weight excluding hydrogens is 560 g/mol. The van der Waals surface area contributed by atoms with E-state index in [4.69, 9.17) is 14.5 Å². The Bertz CT molecular complexity index is 1730. The Hall–Kier alpha value is -3.42. The van der Waals surface area contributed by atoms with Crippen LogP contribution in [0.25, 0.3) is 11.8 Å². The molecule has 0 spiro atoms. The van der Waals surface area contributed by atoms with Gasteiger partial charge in [0.05, 0.1) is 34.0 Å². The van der Waals surface area contributed by atoms with Gasteiger partial charge in [0.1, 0.15) is 11.5 Å². The molecule has 0 saturated heterocycles. The van der Waals surface area contributed by atoms with Crippen molar-refractivity contribution in [3.8, 4) is 11.5 Å². The van der Waals surface area contributed by atoms with E-state index < -0.39 is 0 Å². The van der Waals surface area contributed by atoms with Gasteiger partial charge in [-0.1, -0.05) is 53.8 Å². The standard InChI is InChI=1S/C31H27BrN2O3S/c1-3-36-22-13-10-21(11-14-22)29-24-15-12-20-7-5-6-8-23(20)28(24)33-31-34(29)30(35)27(38-31)18-19-9-16-26(37-4-2)25(32)17-19/h5-11,13-14,16-18,29H,3-4,12,15H2,1-2H3. The van der Waals surface area contributed by atoms with Crippen LogP contribution in [0.2, 0.25) is 0 Å². The minimum atomic E-state index is -0.209. The van der Waals surface area contributed by atoms with E-state index in [0.717, 1.165) is 56.0 Å². The summed E-state index contributed by atoms with van der Waals surface area (Å²) in [6.07, 6.45) is 3.74. The maximum absolute atomic E-state index is 13.9. The zero-order chi connectivity index (χ0) is 26.2. The fourth-order valence-electron chi connectivity index (χ4n) is 5.27. The maximum Gasteiger partial charge on any atom is 0.271 e. The van der Waals surface area contributed by atoms with E-state index in [-0.39, 0.29) is 11.6 Å². The van der Waals surface area contributed by atoms with Crippen molar-refractivity contribution in [2.75, 3.05) is 13.2 Å². The Labute approximate surface area is 233 Å². The van der Waals surface area contributed by atoms with Crippen LogP contribution >= 0.6 is 27.3 Å². The summed E-state index contributed by atoms with van der Waals surface area (Å²) in [5.41, 5.74) is 6.63. The lowest BCUT2D eigenvalue weighted by Gasteiger charge is -2.30. The third kappa shape index (κ3) is 4.44. The van der Waals surface area contributed by atoms with Crippen LogP contribution in [0.1, 0.15) is 48.6 Å². The van der Waals surface area contributed by atoms with Gasteiger partial charge in [-0.2, -0.15) is 0 Å². The first-order valence-electron chi connectivity index (χ1n) is 12.9. The lowest BCUT2D eigenvalue weighted by Crippen LogP contribution is -2.38. The molecule has 0 fully saturated rings. The number of benzene rings is 3.